The van der Waals surface area contributed by atoms with Crippen LogP contribution in [0.25, 0.3) is 0 Å². The van der Waals surface area contributed by atoms with Crippen LogP contribution < -0.4 is 5.32 Å². The molecule has 1 N–H and O–H groups in total. The van der Waals surface area contributed by atoms with Crippen LogP contribution in [-0.4, -0.2) is 48.7 Å². The van der Waals surface area contributed by atoms with E-state index in [1.54, 1.807) is 0 Å². The van der Waals surface area contributed by atoms with Crippen molar-refractivity contribution >= 4 is 23.8 Å². The third-order valence-electron chi connectivity index (χ3n) is 7.08. The third-order valence-corrected chi connectivity index (χ3v) is 7.08. The molecule has 0 saturated carbocycles. The van der Waals surface area contributed by atoms with Gasteiger partial charge in [-0.15, -0.1) is 0 Å². The smallest absolute Gasteiger partial charge is 0.303 e. The van der Waals surface area contributed by atoms with Crippen molar-refractivity contribution in [1.82, 2.24) is 5.32 Å². The van der Waals surface area contributed by atoms with E-state index >= 15 is 0 Å². The number of rotatable bonds is 26. The molecule has 0 heterocycles. The lowest BCUT2D eigenvalue weighted by molar-refractivity contribution is -0.171. The van der Waals surface area contributed by atoms with Gasteiger partial charge in [-0.3, -0.25) is 19.2 Å². The van der Waals surface area contributed by atoms with Gasteiger partial charge in [0.25, 0.3) is 0 Å². The number of hydrogen-bond donors (Lipinski definition) is 1. The van der Waals surface area contributed by atoms with E-state index in [0.717, 1.165) is 19.3 Å². The lowest BCUT2D eigenvalue weighted by atomic mass is 9.98. The van der Waals surface area contributed by atoms with Crippen LogP contribution in [-0.2, 0) is 33.4 Å². The van der Waals surface area contributed by atoms with Crippen molar-refractivity contribution in [2.45, 2.75) is 175 Å². The van der Waals surface area contributed by atoms with Crippen LogP contribution in [0, 0.1) is 0 Å². The molecule has 234 valence electrons. The Morgan fingerprint density at radius 1 is 0.550 bits per heavy atom. The number of carbonyl (C=O) groups excluding carboxylic acids is 4. The lowest BCUT2D eigenvalue weighted by Gasteiger charge is -2.32. The van der Waals surface area contributed by atoms with E-state index in [1.807, 2.05) is 0 Å². The predicted octanol–water partition coefficient (Wildman–Crippen LogP) is 7.35. The van der Waals surface area contributed by atoms with Crippen LogP contribution in [0.3, 0.4) is 0 Å². The average Bonchev–Trinajstić information content (AvgIpc) is 2.87. The third kappa shape index (κ3) is 23.7. The highest BCUT2D eigenvalue weighted by atomic mass is 16.6. The molecule has 0 aromatic heterocycles. The summed E-state index contributed by atoms with van der Waals surface area (Å²) in [6.45, 7) is 7.21. The molecule has 1 amide bonds. The van der Waals surface area contributed by atoms with E-state index < -0.39 is 36.2 Å². The number of carbonyl (C=O) groups is 4. The Morgan fingerprint density at radius 3 is 1.30 bits per heavy atom. The van der Waals surface area contributed by atoms with Gasteiger partial charge in [0.1, 0.15) is 18.8 Å². The summed E-state index contributed by atoms with van der Waals surface area (Å²) in [7, 11) is 0. The molecule has 0 rings (SSSR count). The molecule has 0 radical (unpaired) electrons. The van der Waals surface area contributed by atoms with Crippen molar-refractivity contribution in [1.29, 1.82) is 0 Å². The number of esters is 3. The summed E-state index contributed by atoms with van der Waals surface area (Å²) in [4.78, 5) is 46.8. The number of unbranched alkanes of at least 4 members (excludes halogenated alkanes) is 17. The summed E-state index contributed by atoms with van der Waals surface area (Å²) < 4.78 is 16.1. The van der Waals surface area contributed by atoms with Gasteiger partial charge in [0.15, 0.2) is 6.10 Å². The van der Waals surface area contributed by atoms with Crippen molar-refractivity contribution in [2.24, 2.45) is 0 Å². The van der Waals surface area contributed by atoms with Gasteiger partial charge >= 0.3 is 17.9 Å². The topological polar surface area (TPSA) is 108 Å². The monoisotopic (exact) mass is 569 g/mol. The summed E-state index contributed by atoms with van der Waals surface area (Å²) in [5, 5.41) is 2.67. The molecule has 0 aromatic carbocycles. The highest BCUT2D eigenvalue weighted by Crippen LogP contribution is 2.20. The first-order valence-corrected chi connectivity index (χ1v) is 15.9. The van der Waals surface area contributed by atoms with Crippen LogP contribution in [0.15, 0.2) is 0 Å². The van der Waals surface area contributed by atoms with Crippen LogP contribution >= 0.6 is 0 Å². The van der Waals surface area contributed by atoms with Gasteiger partial charge in [-0.05, 0) is 12.8 Å². The Hall–Kier alpha value is -2.12. The van der Waals surface area contributed by atoms with E-state index in [-0.39, 0.29) is 12.5 Å². The standard InChI is InChI=1S/C32H59NO7/c1-6-7-8-9-10-11-12-13-14-15-16-17-18-19-20-21-22-23-24-31(39-28(4)36)32(40-29(5)37)30(33-26(2)34)25-38-27(3)35/h30-32H,6-25H2,1-5H3,(H,33,34). The molecule has 0 aliphatic carbocycles. The molecule has 8 heteroatoms. The average molecular weight is 570 g/mol. The van der Waals surface area contributed by atoms with Gasteiger partial charge in [-0.1, -0.05) is 116 Å². The van der Waals surface area contributed by atoms with E-state index in [2.05, 4.69) is 12.2 Å². The van der Waals surface area contributed by atoms with Crippen molar-refractivity contribution in [3.05, 3.63) is 0 Å². The molecule has 0 spiro atoms. The molecular formula is C32H59NO7. The zero-order valence-electron chi connectivity index (χ0n) is 26.2. The predicted molar refractivity (Wildman–Crippen MR) is 159 cm³/mol. The van der Waals surface area contributed by atoms with Gasteiger partial charge in [0, 0.05) is 27.7 Å². The summed E-state index contributed by atoms with van der Waals surface area (Å²) in [6.07, 6.45) is 21.8. The van der Waals surface area contributed by atoms with Crippen LogP contribution in [0.4, 0.5) is 0 Å². The quantitative estimate of drug-likeness (QED) is 0.0659. The van der Waals surface area contributed by atoms with Gasteiger partial charge in [-0.2, -0.15) is 0 Å². The highest BCUT2D eigenvalue weighted by Gasteiger charge is 2.35. The van der Waals surface area contributed by atoms with Crippen LogP contribution in [0.2, 0.25) is 0 Å². The zero-order chi connectivity index (χ0) is 30.0. The van der Waals surface area contributed by atoms with Gasteiger partial charge in [0.05, 0.1) is 0 Å². The first-order valence-electron chi connectivity index (χ1n) is 15.9. The Kier molecular flexibility index (Phi) is 24.5. The Labute approximate surface area is 244 Å². The normalized spacial score (nSPS) is 13.2. The van der Waals surface area contributed by atoms with E-state index in [1.165, 1.54) is 124 Å². The maximum Gasteiger partial charge on any atom is 0.303 e. The fourth-order valence-electron chi connectivity index (χ4n) is 5.05. The van der Waals surface area contributed by atoms with Crippen molar-refractivity contribution < 1.29 is 33.4 Å². The maximum absolute atomic E-state index is 11.8. The molecule has 3 unspecified atom stereocenters. The van der Waals surface area contributed by atoms with E-state index in [9.17, 15) is 19.2 Å². The fraction of sp³-hybridized carbons (Fsp3) is 0.875. The van der Waals surface area contributed by atoms with Crippen LogP contribution in [0.1, 0.15) is 157 Å². The zero-order valence-corrected chi connectivity index (χ0v) is 26.2. The minimum absolute atomic E-state index is 0.191. The number of nitrogens with one attached hydrogen (secondary N) is 1. The van der Waals surface area contributed by atoms with Crippen molar-refractivity contribution in [2.75, 3.05) is 6.61 Å². The SMILES string of the molecule is CCCCCCCCCCCCCCCCCCCCC(OC(C)=O)C(OC(C)=O)C(COC(C)=O)NC(C)=O. The summed E-state index contributed by atoms with van der Waals surface area (Å²) in [5.74, 6) is -1.97. The summed E-state index contributed by atoms with van der Waals surface area (Å²) >= 11 is 0. The fourth-order valence-corrected chi connectivity index (χ4v) is 5.05. The second-order valence-corrected chi connectivity index (χ2v) is 11.1. The molecule has 8 nitrogen and oxygen atoms in total. The molecule has 0 fully saturated rings. The number of hydrogen-bond acceptors (Lipinski definition) is 7. The van der Waals surface area contributed by atoms with Crippen molar-refractivity contribution in [3.8, 4) is 0 Å². The number of ether oxygens (including phenoxy) is 3. The van der Waals surface area contributed by atoms with Crippen LogP contribution in [0.5, 0.6) is 0 Å². The molecule has 0 saturated heterocycles. The molecule has 0 aromatic rings. The van der Waals surface area contributed by atoms with E-state index in [4.69, 9.17) is 14.2 Å². The second-order valence-electron chi connectivity index (χ2n) is 11.1. The van der Waals surface area contributed by atoms with Gasteiger partial charge in [-0.25, -0.2) is 0 Å². The largest absolute Gasteiger partial charge is 0.464 e. The summed E-state index contributed by atoms with van der Waals surface area (Å²) in [6, 6.07) is -0.829. The first-order chi connectivity index (χ1) is 19.2. The van der Waals surface area contributed by atoms with Gasteiger partial charge < -0.3 is 19.5 Å². The maximum atomic E-state index is 11.8. The summed E-state index contributed by atoms with van der Waals surface area (Å²) in [5.41, 5.74) is 0. The lowest BCUT2D eigenvalue weighted by Crippen LogP contribution is -2.53. The Bertz CT molecular complexity index is 682. The Balaban J connectivity index is 4.28. The first kappa shape index (κ1) is 37.9. The minimum Gasteiger partial charge on any atom is -0.464 e. The van der Waals surface area contributed by atoms with Gasteiger partial charge in [0.2, 0.25) is 5.91 Å². The van der Waals surface area contributed by atoms with E-state index in [0.29, 0.717) is 6.42 Å². The molecule has 0 aliphatic rings. The Morgan fingerprint density at radius 2 is 0.950 bits per heavy atom. The second kappa shape index (κ2) is 25.8. The molecular weight excluding hydrogens is 510 g/mol. The molecule has 0 bridgehead atoms. The number of amides is 1. The molecule has 40 heavy (non-hydrogen) atoms. The molecule has 3 atom stereocenters. The molecule has 0 aliphatic heterocycles. The highest BCUT2D eigenvalue weighted by molar-refractivity contribution is 5.73. The minimum atomic E-state index is -0.963. The van der Waals surface area contributed by atoms with Crippen molar-refractivity contribution in [3.63, 3.8) is 0 Å².